The summed E-state index contributed by atoms with van der Waals surface area (Å²) in [5.74, 6) is 1.86. The number of nitrogens with one attached hydrogen (secondary N) is 1. The zero-order chi connectivity index (χ0) is 9.97. The SMILES string of the molecule is CC(=O)NC1CCCC[C@@H]2CCC[C@H]12. The summed E-state index contributed by atoms with van der Waals surface area (Å²) in [5, 5.41) is 3.15. The van der Waals surface area contributed by atoms with Crippen LogP contribution in [0.5, 0.6) is 0 Å². The molecule has 0 aliphatic heterocycles. The Bertz CT molecular complexity index is 214. The van der Waals surface area contributed by atoms with Crippen molar-refractivity contribution in [1.29, 1.82) is 0 Å². The summed E-state index contributed by atoms with van der Waals surface area (Å²) in [6, 6.07) is 0.488. The molecule has 2 nitrogen and oxygen atoms in total. The summed E-state index contributed by atoms with van der Waals surface area (Å²) in [4.78, 5) is 11.1. The number of hydrogen-bond acceptors (Lipinski definition) is 1. The Morgan fingerprint density at radius 2 is 1.79 bits per heavy atom. The van der Waals surface area contributed by atoms with E-state index >= 15 is 0 Å². The van der Waals surface area contributed by atoms with E-state index in [-0.39, 0.29) is 5.91 Å². The van der Waals surface area contributed by atoms with Gasteiger partial charge < -0.3 is 5.32 Å². The lowest BCUT2D eigenvalue weighted by Crippen LogP contribution is -2.39. The molecule has 2 saturated carbocycles. The van der Waals surface area contributed by atoms with E-state index in [1.54, 1.807) is 6.92 Å². The number of fused-ring (bicyclic) bond motifs is 1. The van der Waals surface area contributed by atoms with Gasteiger partial charge in [0, 0.05) is 13.0 Å². The Labute approximate surface area is 86.5 Å². The third-order valence-electron chi connectivity index (χ3n) is 3.96. The smallest absolute Gasteiger partial charge is 0.217 e. The third-order valence-corrected chi connectivity index (χ3v) is 3.96. The molecule has 0 heterocycles. The Hall–Kier alpha value is -0.530. The number of amides is 1. The van der Waals surface area contributed by atoms with Gasteiger partial charge in [0.15, 0.2) is 0 Å². The van der Waals surface area contributed by atoms with Crippen molar-refractivity contribution in [3.8, 4) is 0 Å². The number of carbonyl (C=O) groups is 1. The summed E-state index contributed by atoms with van der Waals surface area (Å²) in [7, 11) is 0. The highest BCUT2D eigenvalue weighted by molar-refractivity contribution is 5.73. The third kappa shape index (κ3) is 2.10. The van der Waals surface area contributed by atoms with Crippen molar-refractivity contribution in [2.45, 2.75) is 57.9 Å². The first-order chi connectivity index (χ1) is 6.77. The van der Waals surface area contributed by atoms with Crippen LogP contribution in [-0.2, 0) is 4.79 Å². The van der Waals surface area contributed by atoms with Crippen LogP contribution in [0.2, 0.25) is 0 Å². The van der Waals surface area contributed by atoms with Crippen molar-refractivity contribution in [2.75, 3.05) is 0 Å². The lowest BCUT2D eigenvalue weighted by atomic mass is 9.88. The first kappa shape index (κ1) is 10.0. The Balaban J connectivity index is 2.01. The predicted octanol–water partition coefficient (Wildman–Crippen LogP) is 2.48. The molecule has 2 aliphatic rings. The van der Waals surface area contributed by atoms with Crippen molar-refractivity contribution >= 4 is 5.91 Å². The van der Waals surface area contributed by atoms with Crippen LogP contribution < -0.4 is 5.32 Å². The van der Waals surface area contributed by atoms with Crippen LogP contribution >= 0.6 is 0 Å². The Kier molecular flexibility index (Phi) is 3.09. The van der Waals surface area contributed by atoms with Gasteiger partial charge in [0.2, 0.25) is 5.91 Å². The Morgan fingerprint density at radius 1 is 1.07 bits per heavy atom. The van der Waals surface area contributed by atoms with Crippen molar-refractivity contribution in [2.24, 2.45) is 11.8 Å². The molecule has 0 aromatic carbocycles. The first-order valence-corrected chi connectivity index (χ1v) is 6.04. The van der Waals surface area contributed by atoms with E-state index in [4.69, 9.17) is 0 Å². The minimum Gasteiger partial charge on any atom is -0.353 e. The molecule has 0 bridgehead atoms. The molecule has 1 amide bonds. The van der Waals surface area contributed by atoms with Gasteiger partial charge in [-0.3, -0.25) is 4.79 Å². The van der Waals surface area contributed by atoms with Crippen LogP contribution in [0, 0.1) is 11.8 Å². The molecule has 2 heteroatoms. The second-order valence-electron chi connectivity index (χ2n) is 4.95. The lowest BCUT2D eigenvalue weighted by molar-refractivity contribution is -0.120. The second-order valence-corrected chi connectivity index (χ2v) is 4.95. The minimum absolute atomic E-state index is 0.155. The molecular weight excluding hydrogens is 174 g/mol. The van der Waals surface area contributed by atoms with E-state index in [2.05, 4.69) is 5.32 Å². The van der Waals surface area contributed by atoms with E-state index < -0.39 is 0 Å². The van der Waals surface area contributed by atoms with E-state index in [1.807, 2.05) is 0 Å². The van der Waals surface area contributed by atoms with Gasteiger partial charge in [-0.2, -0.15) is 0 Å². The zero-order valence-electron chi connectivity index (χ0n) is 9.09. The van der Waals surface area contributed by atoms with Crippen LogP contribution in [0.3, 0.4) is 0 Å². The van der Waals surface area contributed by atoms with Gasteiger partial charge >= 0.3 is 0 Å². The van der Waals surface area contributed by atoms with Crippen LogP contribution in [0.4, 0.5) is 0 Å². The monoisotopic (exact) mass is 195 g/mol. The zero-order valence-corrected chi connectivity index (χ0v) is 9.09. The van der Waals surface area contributed by atoms with Gasteiger partial charge in [0.25, 0.3) is 0 Å². The normalized spacial score (nSPS) is 37.4. The van der Waals surface area contributed by atoms with Crippen molar-refractivity contribution in [1.82, 2.24) is 5.32 Å². The summed E-state index contributed by atoms with van der Waals surface area (Å²) in [6.45, 7) is 1.65. The molecular formula is C12H21NO. The van der Waals surface area contributed by atoms with Gasteiger partial charge in [-0.25, -0.2) is 0 Å². The summed E-state index contributed by atoms with van der Waals surface area (Å²) >= 11 is 0. The molecule has 3 atom stereocenters. The van der Waals surface area contributed by atoms with Gasteiger partial charge in [-0.05, 0) is 24.7 Å². The lowest BCUT2D eigenvalue weighted by Gasteiger charge is -2.26. The van der Waals surface area contributed by atoms with E-state index in [0.717, 1.165) is 11.8 Å². The van der Waals surface area contributed by atoms with Crippen molar-refractivity contribution < 1.29 is 4.79 Å². The molecule has 2 fully saturated rings. The highest BCUT2D eigenvalue weighted by Crippen LogP contribution is 2.40. The maximum absolute atomic E-state index is 11.1. The fraction of sp³-hybridized carbons (Fsp3) is 0.917. The van der Waals surface area contributed by atoms with E-state index in [9.17, 15) is 4.79 Å². The average molecular weight is 195 g/mol. The average Bonchev–Trinajstić information content (AvgIpc) is 2.51. The van der Waals surface area contributed by atoms with Crippen LogP contribution in [-0.4, -0.2) is 11.9 Å². The molecule has 2 aliphatic carbocycles. The van der Waals surface area contributed by atoms with Crippen LogP contribution in [0.25, 0.3) is 0 Å². The minimum atomic E-state index is 0.155. The molecule has 80 valence electrons. The number of rotatable bonds is 1. The summed E-state index contributed by atoms with van der Waals surface area (Å²) in [6.07, 6.45) is 9.42. The highest BCUT2D eigenvalue weighted by atomic mass is 16.1. The van der Waals surface area contributed by atoms with Crippen molar-refractivity contribution in [3.05, 3.63) is 0 Å². The second kappa shape index (κ2) is 4.33. The molecule has 0 aromatic rings. The topological polar surface area (TPSA) is 29.1 Å². The molecule has 0 radical (unpaired) electrons. The van der Waals surface area contributed by atoms with Crippen molar-refractivity contribution in [3.63, 3.8) is 0 Å². The van der Waals surface area contributed by atoms with Crippen LogP contribution in [0.15, 0.2) is 0 Å². The molecule has 1 N–H and O–H groups in total. The molecule has 14 heavy (non-hydrogen) atoms. The standard InChI is InChI=1S/C12H21NO/c1-9(14)13-12-8-3-2-5-10-6-4-7-11(10)12/h10-12H,2-8H2,1H3,(H,13,14)/t10-,11+,12?/m1/s1. The maximum atomic E-state index is 11.1. The summed E-state index contributed by atoms with van der Waals surface area (Å²) in [5.41, 5.74) is 0. The molecule has 2 rings (SSSR count). The molecule has 0 aromatic heterocycles. The molecule has 1 unspecified atom stereocenters. The number of carbonyl (C=O) groups excluding carboxylic acids is 1. The fourth-order valence-electron chi connectivity index (χ4n) is 3.38. The van der Waals surface area contributed by atoms with Crippen LogP contribution in [0.1, 0.15) is 51.9 Å². The van der Waals surface area contributed by atoms with Gasteiger partial charge in [-0.1, -0.05) is 32.1 Å². The maximum Gasteiger partial charge on any atom is 0.217 e. The van der Waals surface area contributed by atoms with Gasteiger partial charge in [0.05, 0.1) is 0 Å². The first-order valence-electron chi connectivity index (χ1n) is 6.04. The molecule has 0 saturated heterocycles. The molecule has 0 spiro atoms. The van der Waals surface area contributed by atoms with E-state index in [1.165, 1.54) is 44.9 Å². The van der Waals surface area contributed by atoms with Gasteiger partial charge in [0.1, 0.15) is 0 Å². The largest absolute Gasteiger partial charge is 0.353 e. The quantitative estimate of drug-likeness (QED) is 0.684. The Morgan fingerprint density at radius 3 is 2.57 bits per heavy atom. The predicted molar refractivity (Wildman–Crippen MR) is 56.9 cm³/mol. The van der Waals surface area contributed by atoms with E-state index in [0.29, 0.717) is 6.04 Å². The summed E-state index contributed by atoms with van der Waals surface area (Å²) < 4.78 is 0. The van der Waals surface area contributed by atoms with Gasteiger partial charge in [-0.15, -0.1) is 0 Å². The highest BCUT2D eigenvalue weighted by Gasteiger charge is 2.35. The number of hydrogen-bond donors (Lipinski definition) is 1. The fourth-order valence-corrected chi connectivity index (χ4v) is 3.38.